The zero-order chi connectivity index (χ0) is 14.4. The van der Waals surface area contributed by atoms with E-state index in [1.807, 2.05) is 17.8 Å². The van der Waals surface area contributed by atoms with E-state index in [1.54, 1.807) is 12.3 Å². The van der Waals surface area contributed by atoms with Gasteiger partial charge in [0.05, 0.1) is 11.9 Å². The lowest BCUT2D eigenvalue weighted by Gasteiger charge is -2.12. The highest BCUT2D eigenvalue weighted by molar-refractivity contribution is 7.99. The fourth-order valence-corrected chi connectivity index (χ4v) is 3.24. The van der Waals surface area contributed by atoms with E-state index >= 15 is 0 Å². The minimum absolute atomic E-state index is 0.0567. The summed E-state index contributed by atoms with van der Waals surface area (Å²) in [5, 5.41) is 7.03. The molecule has 1 aromatic rings. The summed E-state index contributed by atoms with van der Waals surface area (Å²) in [5.41, 5.74) is 1.46. The van der Waals surface area contributed by atoms with Gasteiger partial charge in [0.2, 0.25) is 0 Å². The Balaban J connectivity index is 1.86. The predicted octanol–water partition coefficient (Wildman–Crippen LogP) is 2.92. The third-order valence-electron chi connectivity index (χ3n) is 3.63. The summed E-state index contributed by atoms with van der Waals surface area (Å²) in [5.74, 6) is -0.0567. The average molecular weight is 293 g/mol. The number of pyridine rings is 1. The Kier molecular flexibility index (Phi) is 5.71. The normalized spacial score (nSPS) is 21.7. The predicted molar refractivity (Wildman–Crippen MR) is 85.4 cm³/mol. The van der Waals surface area contributed by atoms with Gasteiger partial charge in [-0.3, -0.25) is 4.79 Å². The molecule has 4 nitrogen and oxygen atoms in total. The molecule has 0 aromatic carbocycles. The van der Waals surface area contributed by atoms with Gasteiger partial charge in [0.25, 0.3) is 5.91 Å². The Morgan fingerprint density at radius 2 is 2.30 bits per heavy atom. The Hall–Kier alpha value is -1.23. The number of nitrogens with zero attached hydrogens (tertiary/aromatic N) is 1. The standard InChI is InChI=1S/C15H23N3OS/c1-3-8-16-12-5-7-14(17-10-12)15(19)18-11-4-6-13(9-11)20-2/h5,7,10-11,13,16H,3-4,6,8-9H2,1-2H3,(H,18,19). The van der Waals surface area contributed by atoms with Crippen LogP contribution in [0.15, 0.2) is 18.3 Å². The number of nitrogens with one attached hydrogen (secondary N) is 2. The molecule has 110 valence electrons. The highest BCUT2D eigenvalue weighted by Gasteiger charge is 2.25. The molecule has 1 amide bonds. The van der Waals surface area contributed by atoms with Crippen molar-refractivity contribution in [2.45, 2.75) is 43.9 Å². The molecule has 0 saturated heterocycles. The van der Waals surface area contributed by atoms with E-state index in [9.17, 15) is 4.79 Å². The molecule has 0 spiro atoms. The van der Waals surface area contributed by atoms with Crippen molar-refractivity contribution in [2.24, 2.45) is 0 Å². The number of hydrogen-bond acceptors (Lipinski definition) is 4. The molecule has 0 aliphatic heterocycles. The number of anilines is 1. The molecular formula is C15H23N3OS. The number of carbonyl (C=O) groups excluding carboxylic acids is 1. The van der Waals surface area contributed by atoms with Crippen molar-refractivity contribution in [3.63, 3.8) is 0 Å². The largest absolute Gasteiger partial charge is 0.384 e. The van der Waals surface area contributed by atoms with Crippen LogP contribution in [0.5, 0.6) is 0 Å². The van der Waals surface area contributed by atoms with Crippen LogP contribution in [0, 0.1) is 0 Å². The maximum atomic E-state index is 12.1. The topological polar surface area (TPSA) is 54.0 Å². The van der Waals surface area contributed by atoms with E-state index in [4.69, 9.17) is 0 Å². The zero-order valence-electron chi connectivity index (χ0n) is 12.2. The summed E-state index contributed by atoms with van der Waals surface area (Å²) in [6.45, 7) is 3.04. The van der Waals surface area contributed by atoms with Gasteiger partial charge in [-0.05, 0) is 44.1 Å². The first kappa shape index (κ1) is 15.2. The van der Waals surface area contributed by atoms with E-state index < -0.39 is 0 Å². The van der Waals surface area contributed by atoms with Gasteiger partial charge < -0.3 is 10.6 Å². The molecule has 1 fully saturated rings. The molecule has 0 bridgehead atoms. The zero-order valence-corrected chi connectivity index (χ0v) is 13.0. The summed E-state index contributed by atoms with van der Waals surface area (Å²) >= 11 is 1.89. The number of rotatable bonds is 6. The van der Waals surface area contributed by atoms with Crippen LogP contribution in [0.2, 0.25) is 0 Å². The summed E-state index contributed by atoms with van der Waals surface area (Å²) < 4.78 is 0. The number of amides is 1. The van der Waals surface area contributed by atoms with Gasteiger partial charge >= 0.3 is 0 Å². The SMILES string of the molecule is CCCNc1ccc(C(=O)NC2CCC(SC)C2)nc1. The fourth-order valence-electron chi connectivity index (χ4n) is 2.45. The van der Waals surface area contributed by atoms with Crippen LogP contribution in [0.4, 0.5) is 5.69 Å². The molecule has 1 heterocycles. The van der Waals surface area contributed by atoms with E-state index in [0.717, 1.165) is 31.5 Å². The number of thioether (sulfide) groups is 1. The van der Waals surface area contributed by atoms with Crippen molar-refractivity contribution in [1.29, 1.82) is 0 Å². The molecule has 2 atom stereocenters. The van der Waals surface area contributed by atoms with Gasteiger partial charge in [0.15, 0.2) is 0 Å². The molecule has 1 aliphatic carbocycles. The lowest BCUT2D eigenvalue weighted by Crippen LogP contribution is -2.33. The molecule has 20 heavy (non-hydrogen) atoms. The van der Waals surface area contributed by atoms with Crippen molar-refractivity contribution < 1.29 is 4.79 Å². The Bertz CT molecular complexity index is 435. The van der Waals surface area contributed by atoms with Crippen LogP contribution in [0.3, 0.4) is 0 Å². The molecular weight excluding hydrogens is 270 g/mol. The highest BCUT2D eigenvalue weighted by Crippen LogP contribution is 2.28. The quantitative estimate of drug-likeness (QED) is 0.847. The molecule has 2 unspecified atom stereocenters. The minimum Gasteiger partial charge on any atom is -0.384 e. The molecule has 5 heteroatoms. The molecule has 1 saturated carbocycles. The van der Waals surface area contributed by atoms with Crippen LogP contribution in [-0.4, -0.2) is 35.0 Å². The van der Waals surface area contributed by atoms with Gasteiger partial charge in [0.1, 0.15) is 5.69 Å². The summed E-state index contributed by atoms with van der Waals surface area (Å²) in [7, 11) is 0. The van der Waals surface area contributed by atoms with Crippen LogP contribution in [0.1, 0.15) is 43.1 Å². The van der Waals surface area contributed by atoms with Gasteiger partial charge in [-0.15, -0.1) is 0 Å². The van der Waals surface area contributed by atoms with Gasteiger partial charge in [0, 0.05) is 17.8 Å². The Labute approximate surface area is 125 Å². The van der Waals surface area contributed by atoms with Gasteiger partial charge in [-0.2, -0.15) is 11.8 Å². The maximum Gasteiger partial charge on any atom is 0.270 e. The second-order valence-electron chi connectivity index (χ2n) is 5.20. The number of carbonyl (C=O) groups is 1. The molecule has 2 N–H and O–H groups in total. The third-order valence-corrected chi connectivity index (χ3v) is 4.72. The highest BCUT2D eigenvalue weighted by atomic mass is 32.2. The van der Waals surface area contributed by atoms with Crippen LogP contribution in [0.25, 0.3) is 0 Å². The first-order chi connectivity index (χ1) is 9.72. The maximum absolute atomic E-state index is 12.1. The van der Waals surface area contributed by atoms with Gasteiger partial charge in [-0.25, -0.2) is 4.98 Å². The van der Waals surface area contributed by atoms with Crippen LogP contribution < -0.4 is 10.6 Å². The summed E-state index contributed by atoms with van der Waals surface area (Å²) in [6, 6.07) is 4.00. The minimum atomic E-state index is -0.0567. The van der Waals surface area contributed by atoms with Crippen LogP contribution >= 0.6 is 11.8 Å². The van der Waals surface area contributed by atoms with Crippen molar-refractivity contribution in [3.05, 3.63) is 24.0 Å². The lowest BCUT2D eigenvalue weighted by molar-refractivity contribution is 0.0933. The summed E-state index contributed by atoms with van der Waals surface area (Å²) in [6.07, 6.45) is 8.28. The van der Waals surface area contributed by atoms with E-state index in [-0.39, 0.29) is 5.91 Å². The second-order valence-corrected chi connectivity index (χ2v) is 6.34. The van der Waals surface area contributed by atoms with Crippen molar-refractivity contribution in [3.8, 4) is 0 Å². The van der Waals surface area contributed by atoms with E-state index in [0.29, 0.717) is 17.0 Å². The smallest absolute Gasteiger partial charge is 0.270 e. The first-order valence-corrected chi connectivity index (χ1v) is 8.55. The Morgan fingerprint density at radius 3 is 2.90 bits per heavy atom. The monoisotopic (exact) mass is 293 g/mol. The van der Waals surface area contributed by atoms with Gasteiger partial charge in [-0.1, -0.05) is 6.92 Å². The lowest BCUT2D eigenvalue weighted by atomic mass is 10.2. The number of hydrogen-bond donors (Lipinski definition) is 2. The molecule has 1 aliphatic rings. The fraction of sp³-hybridized carbons (Fsp3) is 0.600. The molecule has 2 rings (SSSR count). The van der Waals surface area contributed by atoms with Crippen molar-refractivity contribution in [1.82, 2.24) is 10.3 Å². The third kappa shape index (κ3) is 4.13. The van der Waals surface area contributed by atoms with E-state index in [2.05, 4.69) is 28.8 Å². The second kappa shape index (κ2) is 7.53. The number of aromatic nitrogens is 1. The molecule has 0 radical (unpaired) electrons. The average Bonchev–Trinajstić information content (AvgIpc) is 2.93. The van der Waals surface area contributed by atoms with Crippen LogP contribution in [-0.2, 0) is 0 Å². The summed E-state index contributed by atoms with van der Waals surface area (Å²) in [4.78, 5) is 16.4. The Morgan fingerprint density at radius 1 is 1.45 bits per heavy atom. The molecule has 1 aromatic heterocycles. The first-order valence-electron chi connectivity index (χ1n) is 7.26. The van der Waals surface area contributed by atoms with E-state index in [1.165, 1.54) is 6.42 Å². The van der Waals surface area contributed by atoms with Crippen molar-refractivity contribution >= 4 is 23.4 Å². The van der Waals surface area contributed by atoms with Crippen molar-refractivity contribution in [2.75, 3.05) is 18.1 Å².